The predicted molar refractivity (Wildman–Crippen MR) is 141 cm³/mol. The number of hydrogen-bond donors (Lipinski definition) is 3. The predicted octanol–water partition coefficient (Wildman–Crippen LogP) is 1.06. The Morgan fingerprint density at radius 1 is 1.00 bits per heavy atom. The molecule has 3 N–H and O–H groups in total. The molecule has 3 aromatic carbocycles. The van der Waals surface area contributed by atoms with E-state index in [0.29, 0.717) is 29.1 Å². The minimum atomic E-state index is -4.52. The molecular formula is C23H25N5NaO8S2+. The third-order valence-corrected chi connectivity index (χ3v) is 7.77. The van der Waals surface area contributed by atoms with Gasteiger partial charge in [0.15, 0.2) is 0 Å². The van der Waals surface area contributed by atoms with Crippen LogP contribution in [0.25, 0.3) is 0 Å². The number of anilines is 2. The van der Waals surface area contributed by atoms with E-state index in [9.17, 15) is 32.1 Å². The second kappa shape index (κ2) is 13.4. The van der Waals surface area contributed by atoms with Crippen molar-refractivity contribution in [2.45, 2.75) is 24.8 Å². The molecule has 16 heteroatoms. The van der Waals surface area contributed by atoms with Crippen molar-refractivity contribution in [3.63, 3.8) is 0 Å². The molecule has 3 aromatic rings. The molecule has 0 spiro atoms. The summed E-state index contributed by atoms with van der Waals surface area (Å²) in [7, 11) is -8.63. The van der Waals surface area contributed by atoms with Crippen LogP contribution in [0.15, 0.2) is 75.8 Å². The van der Waals surface area contributed by atoms with E-state index in [4.69, 9.17) is 4.74 Å². The van der Waals surface area contributed by atoms with Gasteiger partial charge in [-0.25, -0.2) is 16.8 Å². The average molecular weight is 587 g/mol. The first-order valence-electron chi connectivity index (χ1n) is 11.0. The summed E-state index contributed by atoms with van der Waals surface area (Å²) >= 11 is 0. The molecule has 202 valence electrons. The van der Waals surface area contributed by atoms with Gasteiger partial charge in [0.1, 0.15) is 18.0 Å². The maximum Gasteiger partial charge on any atom is 1.00 e. The van der Waals surface area contributed by atoms with Gasteiger partial charge in [0.2, 0.25) is 10.0 Å². The van der Waals surface area contributed by atoms with E-state index in [0.717, 1.165) is 17.7 Å². The molecule has 0 amide bonds. The van der Waals surface area contributed by atoms with Crippen LogP contribution in [0, 0.1) is 17.0 Å². The van der Waals surface area contributed by atoms with Gasteiger partial charge in [-0.05, 0) is 74.0 Å². The minimum absolute atomic E-state index is 0. The summed E-state index contributed by atoms with van der Waals surface area (Å²) in [4.78, 5) is 10.2. The number of ether oxygens (including phenoxy) is 1. The second-order valence-corrected chi connectivity index (χ2v) is 12.0. The molecule has 0 aliphatic rings. The average Bonchev–Trinajstić information content (AvgIpc) is 2.81. The van der Waals surface area contributed by atoms with Gasteiger partial charge in [0.25, 0.3) is 15.7 Å². The molecule has 0 saturated carbocycles. The monoisotopic (exact) mass is 586 g/mol. The molecule has 0 aliphatic heterocycles. The topological polar surface area (TPSA) is 190 Å². The van der Waals surface area contributed by atoms with Crippen LogP contribution in [0.4, 0.5) is 28.4 Å². The fourth-order valence-electron chi connectivity index (χ4n) is 3.13. The maximum atomic E-state index is 12.2. The van der Waals surface area contributed by atoms with Crippen molar-refractivity contribution < 1.29 is 61.2 Å². The number of rotatable bonds is 11. The summed E-state index contributed by atoms with van der Waals surface area (Å²) in [6.45, 7) is 3.65. The summed E-state index contributed by atoms with van der Waals surface area (Å²) in [5.41, 5.74) is 1.80. The van der Waals surface area contributed by atoms with E-state index in [1.54, 1.807) is 49.4 Å². The largest absolute Gasteiger partial charge is 1.00 e. The number of nitro groups is 1. The molecule has 3 rings (SSSR count). The Balaban J connectivity index is 0.00000533. The molecule has 13 nitrogen and oxygen atoms in total. The zero-order valence-electron chi connectivity index (χ0n) is 21.5. The van der Waals surface area contributed by atoms with Gasteiger partial charge >= 0.3 is 29.6 Å². The number of sulfonamides is 2. The Morgan fingerprint density at radius 2 is 1.62 bits per heavy atom. The van der Waals surface area contributed by atoms with E-state index in [1.165, 1.54) is 10.2 Å². The van der Waals surface area contributed by atoms with Crippen LogP contribution in [0.3, 0.4) is 0 Å². The number of benzene rings is 3. The van der Waals surface area contributed by atoms with Gasteiger partial charge in [-0.3, -0.25) is 10.1 Å². The number of nitrogens with one attached hydrogen (secondary N) is 2. The first-order valence-corrected chi connectivity index (χ1v) is 14.3. The number of nitro benzene ring substituents is 1. The van der Waals surface area contributed by atoms with Crippen LogP contribution >= 0.6 is 0 Å². The van der Waals surface area contributed by atoms with Crippen LogP contribution in [0.2, 0.25) is 0 Å². The summed E-state index contributed by atoms with van der Waals surface area (Å²) in [5.74, 6) is 0.631. The second-order valence-electron chi connectivity index (χ2n) is 8.28. The summed E-state index contributed by atoms with van der Waals surface area (Å²) in [6, 6.07) is 14.7. The molecule has 0 aromatic heterocycles. The van der Waals surface area contributed by atoms with Gasteiger partial charge in [0.05, 0.1) is 33.6 Å². The Kier molecular flexibility index (Phi) is 11.1. The SMILES string of the molecule is Cc1cc(N=Nc2ccc(Nc3ccc(S(=O)(=O)NS(C)(=O)=O)cc3[N+](=O)[O-])cc2)ccc1OCC(C)O.[Na+]. The van der Waals surface area contributed by atoms with Gasteiger partial charge in [0, 0.05) is 11.8 Å². The number of aliphatic hydroxyl groups is 1. The van der Waals surface area contributed by atoms with Gasteiger partial charge < -0.3 is 15.2 Å². The van der Waals surface area contributed by atoms with Crippen LogP contribution in [0.1, 0.15) is 12.5 Å². The molecule has 0 heterocycles. The molecule has 0 radical (unpaired) electrons. The normalized spacial score (nSPS) is 12.5. The fraction of sp³-hybridized carbons (Fsp3) is 0.217. The van der Waals surface area contributed by atoms with E-state index in [1.807, 2.05) is 6.92 Å². The van der Waals surface area contributed by atoms with Gasteiger partial charge in [-0.2, -0.15) is 10.2 Å². The number of aryl methyl sites for hydroxylation is 1. The van der Waals surface area contributed by atoms with Crippen molar-refractivity contribution in [1.82, 2.24) is 4.13 Å². The third kappa shape index (κ3) is 9.65. The van der Waals surface area contributed by atoms with Crippen LogP contribution in [0.5, 0.6) is 5.75 Å². The molecule has 39 heavy (non-hydrogen) atoms. The first-order chi connectivity index (χ1) is 17.7. The van der Waals surface area contributed by atoms with Crippen molar-refractivity contribution in [3.05, 3.63) is 76.3 Å². The number of hydrogen-bond acceptors (Lipinski definition) is 11. The Labute approximate surface area is 247 Å². The van der Waals surface area contributed by atoms with E-state index < -0.39 is 41.7 Å². The first kappa shape index (κ1) is 32.3. The van der Waals surface area contributed by atoms with Gasteiger partial charge in [-0.15, -0.1) is 4.13 Å². The fourth-order valence-corrected chi connectivity index (χ4v) is 5.63. The van der Waals surface area contributed by atoms with Crippen molar-refractivity contribution in [2.75, 3.05) is 18.2 Å². The molecule has 0 fully saturated rings. The third-order valence-electron chi connectivity index (χ3n) is 4.80. The molecule has 0 bridgehead atoms. The Morgan fingerprint density at radius 3 is 2.18 bits per heavy atom. The molecule has 0 aliphatic carbocycles. The van der Waals surface area contributed by atoms with E-state index >= 15 is 0 Å². The number of azo groups is 1. The van der Waals surface area contributed by atoms with Gasteiger partial charge in [-0.1, -0.05) is 0 Å². The molecule has 0 saturated heterocycles. The van der Waals surface area contributed by atoms with Crippen LogP contribution in [-0.2, 0) is 20.0 Å². The summed E-state index contributed by atoms with van der Waals surface area (Å²) < 4.78 is 54.0. The molecule has 1 atom stereocenters. The quantitative estimate of drug-likeness (QED) is 0.128. The van der Waals surface area contributed by atoms with Crippen molar-refractivity contribution in [3.8, 4) is 5.75 Å². The summed E-state index contributed by atoms with van der Waals surface area (Å²) in [6.07, 6.45) is 0.0718. The zero-order chi connectivity index (χ0) is 28.1. The smallest absolute Gasteiger partial charge is 0.491 e. The molecule has 1 unspecified atom stereocenters. The van der Waals surface area contributed by atoms with E-state index in [-0.39, 0.29) is 41.9 Å². The maximum absolute atomic E-state index is 12.2. The Bertz CT molecular complexity index is 1580. The van der Waals surface area contributed by atoms with Crippen LogP contribution < -0.4 is 43.7 Å². The standard InChI is InChI=1S/C23H25N5O8S2.Na/c1-15-12-19(8-11-23(15)36-14-16(2)29)26-25-18-6-4-17(5-7-18)24-21-10-9-20(13-22(21)28(30)31)38(34,35)27-37(3,32)33;/h4-13,16,24,27,29H,14H2,1-3H3;/q;+1. The van der Waals surface area contributed by atoms with Crippen molar-refractivity contribution in [1.29, 1.82) is 0 Å². The van der Waals surface area contributed by atoms with Crippen molar-refractivity contribution in [2.24, 2.45) is 10.2 Å². The van der Waals surface area contributed by atoms with Crippen LogP contribution in [-0.4, -0.2) is 45.8 Å². The van der Waals surface area contributed by atoms with E-state index in [2.05, 4.69) is 15.5 Å². The zero-order valence-corrected chi connectivity index (χ0v) is 25.2. The summed E-state index contributed by atoms with van der Waals surface area (Å²) in [5, 5.41) is 32.1. The van der Waals surface area contributed by atoms with Crippen molar-refractivity contribution >= 4 is 48.5 Å². The molecular weight excluding hydrogens is 561 g/mol. The number of aliphatic hydroxyl groups excluding tert-OH is 1. The Hall–Kier alpha value is -2.92. The minimum Gasteiger partial charge on any atom is -0.491 e. The number of nitrogens with zero attached hydrogens (tertiary/aromatic N) is 3.